The molecule has 0 fully saturated rings. The van der Waals surface area contributed by atoms with Crippen molar-refractivity contribution in [3.8, 4) is 18.1 Å². The molecule has 130 valence electrons. The molecule has 0 bridgehead atoms. The van der Waals surface area contributed by atoms with E-state index in [-0.39, 0.29) is 19.0 Å². The maximum absolute atomic E-state index is 12.0. The van der Waals surface area contributed by atoms with Crippen molar-refractivity contribution < 1.29 is 23.8 Å². The second kappa shape index (κ2) is 8.82. The van der Waals surface area contributed by atoms with Crippen molar-refractivity contribution in [2.45, 2.75) is 39.2 Å². The van der Waals surface area contributed by atoms with Gasteiger partial charge in [0.25, 0.3) is 0 Å². The number of amides is 1. The predicted octanol–water partition coefficient (Wildman–Crippen LogP) is 3.15. The first kappa shape index (κ1) is 19.4. The van der Waals surface area contributed by atoms with Gasteiger partial charge in [-0.3, -0.25) is 10.1 Å². The van der Waals surface area contributed by atoms with Crippen LogP contribution in [0.4, 0.5) is 10.5 Å². The summed E-state index contributed by atoms with van der Waals surface area (Å²) in [6.45, 7) is 5.41. The highest BCUT2D eigenvalue weighted by atomic mass is 16.6. The molecule has 0 atom stereocenters. The molecule has 0 unspecified atom stereocenters. The Morgan fingerprint density at radius 1 is 1.29 bits per heavy atom. The SMILES string of the molecule is C#CCOc1cccc(NC(=O)OC(C)(C)C)c1CCC(=O)OC. The molecule has 1 aromatic carbocycles. The summed E-state index contributed by atoms with van der Waals surface area (Å²) in [6, 6.07) is 5.16. The van der Waals surface area contributed by atoms with Crippen molar-refractivity contribution in [2.75, 3.05) is 19.0 Å². The average Bonchev–Trinajstić information content (AvgIpc) is 2.49. The molecule has 0 saturated carbocycles. The van der Waals surface area contributed by atoms with Crippen LogP contribution in [0.5, 0.6) is 5.75 Å². The first-order valence-corrected chi connectivity index (χ1v) is 7.52. The summed E-state index contributed by atoms with van der Waals surface area (Å²) < 4.78 is 15.4. The molecule has 1 N–H and O–H groups in total. The lowest BCUT2D eigenvalue weighted by Gasteiger charge is -2.21. The van der Waals surface area contributed by atoms with Crippen molar-refractivity contribution >= 4 is 17.7 Å². The Bertz CT molecular complexity index is 625. The zero-order valence-corrected chi connectivity index (χ0v) is 14.5. The molecule has 0 radical (unpaired) electrons. The van der Waals surface area contributed by atoms with Gasteiger partial charge in [0.15, 0.2) is 0 Å². The largest absolute Gasteiger partial charge is 0.481 e. The number of hydrogen-bond acceptors (Lipinski definition) is 5. The van der Waals surface area contributed by atoms with Gasteiger partial charge in [-0.05, 0) is 39.3 Å². The Morgan fingerprint density at radius 2 is 2.00 bits per heavy atom. The van der Waals surface area contributed by atoms with Crippen LogP contribution in [0.25, 0.3) is 0 Å². The fourth-order valence-corrected chi connectivity index (χ4v) is 1.94. The van der Waals surface area contributed by atoms with E-state index in [1.807, 2.05) is 0 Å². The van der Waals surface area contributed by atoms with Gasteiger partial charge < -0.3 is 14.2 Å². The normalized spacial score (nSPS) is 10.5. The number of carbonyl (C=O) groups is 2. The molecule has 6 nitrogen and oxygen atoms in total. The van der Waals surface area contributed by atoms with Crippen LogP contribution >= 0.6 is 0 Å². The molecule has 0 saturated heterocycles. The van der Waals surface area contributed by atoms with Gasteiger partial charge in [0, 0.05) is 12.0 Å². The van der Waals surface area contributed by atoms with E-state index in [0.717, 1.165) is 0 Å². The summed E-state index contributed by atoms with van der Waals surface area (Å²) >= 11 is 0. The van der Waals surface area contributed by atoms with Gasteiger partial charge in [0.1, 0.15) is 18.0 Å². The third-order valence-electron chi connectivity index (χ3n) is 2.89. The summed E-state index contributed by atoms with van der Waals surface area (Å²) in [5, 5.41) is 2.68. The molecule has 1 rings (SSSR count). The van der Waals surface area contributed by atoms with Crippen LogP contribution in [-0.2, 0) is 20.7 Å². The average molecular weight is 333 g/mol. The number of ether oxygens (including phenoxy) is 3. The van der Waals surface area contributed by atoms with E-state index in [0.29, 0.717) is 23.4 Å². The standard InChI is InChI=1S/C18H23NO5/c1-6-12-23-15-9-7-8-14(13(15)10-11-16(20)22-5)19-17(21)24-18(2,3)4/h1,7-9H,10-12H2,2-5H3,(H,19,21). The molecule has 0 aliphatic heterocycles. The zero-order valence-electron chi connectivity index (χ0n) is 14.5. The molecule has 0 aromatic heterocycles. The molecule has 1 aromatic rings. The minimum atomic E-state index is -0.617. The van der Waals surface area contributed by atoms with Crippen LogP contribution in [-0.4, -0.2) is 31.4 Å². The molecular formula is C18H23NO5. The van der Waals surface area contributed by atoms with Gasteiger partial charge >= 0.3 is 12.1 Å². The van der Waals surface area contributed by atoms with Crippen LogP contribution in [0.1, 0.15) is 32.8 Å². The highest BCUT2D eigenvalue weighted by Gasteiger charge is 2.19. The fraction of sp³-hybridized carbons (Fsp3) is 0.444. The summed E-state index contributed by atoms with van der Waals surface area (Å²) in [5.74, 6) is 2.53. The van der Waals surface area contributed by atoms with E-state index >= 15 is 0 Å². The van der Waals surface area contributed by atoms with Crippen LogP contribution in [0.3, 0.4) is 0 Å². The summed E-state index contributed by atoms with van der Waals surface area (Å²) in [4.78, 5) is 23.4. The van der Waals surface area contributed by atoms with E-state index in [9.17, 15) is 9.59 Å². The first-order chi connectivity index (χ1) is 11.3. The molecule has 6 heteroatoms. The Kier molecular flexibility index (Phi) is 7.12. The molecule has 0 spiro atoms. The Morgan fingerprint density at radius 3 is 2.58 bits per heavy atom. The van der Waals surface area contributed by atoms with E-state index in [1.165, 1.54) is 7.11 Å². The van der Waals surface area contributed by atoms with Crippen molar-refractivity contribution in [3.05, 3.63) is 23.8 Å². The second-order valence-electron chi connectivity index (χ2n) is 5.98. The van der Waals surface area contributed by atoms with Gasteiger partial charge in [-0.25, -0.2) is 4.79 Å². The first-order valence-electron chi connectivity index (χ1n) is 7.52. The molecule has 24 heavy (non-hydrogen) atoms. The minimum Gasteiger partial charge on any atom is -0.481 e. The number of nitrogens with one attached hydrogen (secondary N) is 1. The lowest BCUT2D eigenvalue weighted by atomic mass is 10.1. The van der Waals surface area contributed by atoms with Crippen molar-refractivity contribution in [1.29, 1.82) is 0 Å². The predicted molar refractivity (Wildman–Crippen MR) is 91.0 cm³/mol. The topological polar surface area (TPSA) is 73.9 Å². The number of carbonyl (C=O) groups excluding carboxylic acids is 2. The molecule has 0 heterocycles. The lowest BCUT2D eigenvalue weighted by Crippen LogP contribution is -2.27. The maximum atomic E-state index is 12.0. The third kappa shape index (κ3) is 6.61. The van der Waals surface area contributed by atoms with E-state index in [4.69, 9.17) is 15.9 Å². The number of esters is 1. The molecule has 0 aliphatic carbocycles. The van der Waals surface area contributed by atoms with Crippen molar-refractivity contribution in [2.24, 2.45) is 0 Å². The van der Waals surface area contributed by atoms with Crippen LogP contribution < -0.4 is 10.1 Å². The minimum absolute atomic E-state index is 0.0844. The highest BCUT2D eigenvalue weighted by molar-refractivity contribution is 5.86. The number of methoxy groups -OCH3 is 1. The summed E-state index contributed by atoms with van der Waals surface area (Å²) in [7, 11) is 1.32. The maximum Gasteiger partial charge on any atom is 0.412 e. The monoisotopic (exact) mass is 333 g/mol. The molecule has 0 aliphatic rings. The van der Waals surface area contributed by atoms with Gasteiger partial charge in [-0.1, -0.05) is 12.0 Å². The van der Waals surface area contributed by atoms with Crippen LogP contribution in [0.2, 0.25) is 0 Å². The van der Waals surface area contributed by atoms with Gasteiger partial charge in [0.2, 0.25) is 0 Å². The molecule has 1 amide bonds. The highest BCUT2D eigenvalue weighted by Crippen LogP contribution is 2.28. The summed E-state index contributed by atoms with van der Waals surface area (Å²) in [5.41, 5.74) is 0.542. The van der Waals surface area contributed by atoms with Gasteiger partial charge in [-0.2, -0.15) is 0 Å². The molecular weight excluding hydrogens is 310 g/mol. The fourth-order valence-electron chi connectivity index (χ4n) is 1.94. The van der Waals surface area contributed by atoms with Crippen molar-refractivity contribution in [1.82, 2.24) is 0 Å². The van der Waals surface area contributed by atoms with Crippen LogP contribution in [0, 0.1) is 12.3 Å². The number of anilines is 1. The number of rotatable bonds is 6. The zero-order chi connectivity index (χ0) is 18.2. The van der Waals surface area contributed by atoms with Gasteiger partial charge in [0.05, 0.1) is 12.8 Å². The lowest BCUT2D eigenvalue weighted by molar-refractivity contribution is -0.140. The second-order valence-corrected chi connectivity index (χ2v) is 5.98. The third-order valence-corrected chi connectivity index (χ3v) is 2.89. The number of terminal acetylenes is 1. The Hall–Kier alpha value is -2.68. The van der Waals surface area contributed by atoms with Crippen molar-refractivity contribution in [3.63, 3.8) is 0 Å². The number of benzene rings is 1. The van der Waals surface area contributed by atoms with Gasteiger partial charge in [-0.15, -0.1) is 6.42 Å². The Balaban J connectivity index is 3.01. The summed E-state index contributed by atoms with van der Waals surface area (Å²) in [6.07, 6.45) is 5.11. The van der Waals surface area contributed by atoms with E-state index in [2.05, 4.69) is 16.0 Å². The smallest absolute Gasteiger partial charge is 0.412 e. The van der Waals surface area contributed by atoms with Crippen LogP contribution in [0.15, 0.2) is 18.2 Å². The van der Waals surface area contributed by atoms with E-state index < -0.39 is 11.7 Å². The van der Waals surface area contributed by atoms with E-state index in [1.54, 1.807) is 39.0 Å². The number of hydrogen-bond donors (Lipinski definition) is 1. The Labute approximate surface area is 142 Å². The quantitative estimate of drug-likeness (QED) is 0.639.